The summed E-state index contributed by atoms with van der Waals surface area (Å²) in [6, 6.07) is 2.57. The molecule has 2 aromatic heterocycles. The molecular weight excluding hydrogens is 566 g/mol. The van der Waals surface area contributed by atoms with E-state index in [1.165, 1.54) is 12.8 Å². The van der Waals surface area contributed by atoms with E-state index in [1.807, 2.05) is 13.8 Å². The van der Waals surface area contributed by atoms with Crippen LogP contribution in [-0.4, -0.2) is 79.3 Å². The van der Waals surface area contributed by atoms with Crippen molar-refractivity contribution in [2.24, 2.45) is 5.92 Å². The van der Waals surface area contributed by atoms with Crippen molar-refractivity contribution in [2.45, 2.75) is 94.3 Å². The van der Waals surface area contributed by atoms with Gasteiger partial charge in [-0.2, -0.15) is 11.8 Å². The van der Waals surface area contributed by atoms with Crippen molar-refractivity contribution in [1.29, 1.82) is 0 Å². The molecule has 0 bridgehead atoms. The second kappa shape index (κ2) is 11.4. The van der Waals surface area contributed by atoms with E-state index in [9.17, 15) is 19.5 Å². The number of aryl methyl sites for hydroxylation is 2. The first-order valence-electron chi connectivity index (χ1n) is 14.6. The topological polar surface area (TPSA) is 130 Å². The summed E-state index contributed by atoms with van der Waals surface area (Å²) in [5.41, 5.74) is 2.04. The van der Waals surface area contributed by atoms with E-state index in [0.29, 0.717) is 36.1 Å². The molecule has 4 heterocycles. The summed E-state index contributed by atoms with van der Waals surface area (Å²) < 4.78 is 7.86. The molecule has 41 heavy (non-hydrogen) atoms. The van der Waals surface area contributed by atoms with Gasteiger partial charge in [0.25, 0.3) is 11.1 Å². The number of carboxylic acid groups (broad SMARTS) is 1. The van der Waals surface area contributed by atoms with Crippen LogP contribution < -0.4 is 21.2 Å². The number of piperidine rings is 1. The van der Waals surface area contributed by atoms with Crippen LogP contribution in [0.3, 0.4) is 0 Å². The lowest BCUT2D eigenvalue weighted by molar-refractivity contribution is -0.141. The quantitative estimate of drug-likeness (QED) is 0.417. The minimum atomic E-state index is -0.800. The van der Waals surface area contributed by atoms with Crippen LogP contribution in [0, 0.1) is 12.8 Å². The predicted octanol–water partition coefficient (Wildman–Crippen LogP) is 2.57. The van der Waals surface area contributed by atoms with E-state index < -0.39 is 17.4 Å². The van der Waals surface area contributed by atoms with Crippen molar-refractivity contribution in [3.05, 3.63) is 54.4 Å². The van der Waals surface area contributed by atoms with E-state index in [0.717, 1.165) is 42.5 Å². The number of fused-ring (bicyclic) bond motifs is 2. The van der Waals surface area contributed by atoms with Gasteiger partial charge in [0, 0.05) is 52.2 Å². The van der Waals surface area contributed by atoms with E-state index in [2.05, 4.69) is 22.2 Å². The summed E-state index contributed by atoms with van der Waals surface area (Å²) in [6.45, 7) is 4.36. The highest BCUT2D eigenvalue weighted by Gasteiger charge is 2.49. The number of H-pyrrole nitrogens is 1. The molecule has 1 saturated carbocycles. The van der Waals surface area contributed by atoms with E-state index in [1.54, 1.807) is 22.4 Å². The average Bonchev–Trinajstić information content (AvgIpc) is 3.70. The molecule has 6 rings (SSSR count). The highest BCUT2D eigenvalue weighted by Crippen LogP contribution is 2.47. The Hall–Kier alpha value is -2.34. The predicted molar refractivity (Wildman–Crippen MR) is 159 cm³/mol. The highest BCUT2D eigenvalue weighted by atomic mass is 35.5. The summed E-state index contributed by atoms with van der Waals surface area (Å²) in [7, 11) is 2.17. The third kappa shape index (κ3) is 5.58. The SMILES string of the molecule is Cc1nc2c(c(=O)n1CCOc1[nH]c(=O)c(Cl)cc1C1CC(C)NC3C(C(=O)O)CSC13)C[C@H](N(C)C1CC1)CC2. The minimum Gasteiger partial charge on any atom is -0.481 e. The summed E-state index contributed by atoms with van der Waals surface area (Å²) in [5, 5.41) is 13.3. The monoisotopic (exact) mass is 603 g/mol. The van der Waals surface area contributed by atoms with Crippen LogP contribution in [0.4, 0.5) is 0 Å². The second-order valence-electron chi connectivity index (χ2n) is 12.1. The van der Waals surface area contributed by atoms with Crippen molar-refractivity contribution < 1.29 is 14.6 Å². The number of aromatic amines is 1. The van der Waals surface area contributed by atoms with Gasteiger partial charge in [0.15, 0.2) is 5.88 Å². The maximum Gasteiger partial charge on any atom is 0.308 e. The van der Waals surface area contributed by atoms with Crippen molar-refractivity contribution >= 4 is 29.3 Å². The summed E-state index contributed by atoms with van der Waals surface area (Å²) in [4.78, 5) is 48.0. The van der Waals surface area contributed by atoms with Gasteiger partial charge in [0.1, 0.15) is 17.5 Å². The Morgan fingerprint density at radius 3 is 2.80 bits per heavy atom. The normalized spacial score (nSPS) is 29.3. The fourth-order valence-corrected chi connectivity index (χ4v) is 8.92. The van der Waals surface area contributed by atoms with Crippen LogP contribution >= 0.6 is 23.4 Å². The van der Waals surface area contributed by atoms with Gasteiger partial charge in [-0.25, -0.2) is 4.98 Å². The number of halogens is 1. The molecule has 6 atom stereocenters. The maximum atomic E-state index is 13.6. The number of pyridine rings is 1. The Morgan fingerprint density at radius 2 is 2.07 bits per heavy atom. The van der Waals surface area contributed by atoms with Crippen LogP contribution in [0.25, 0.3) is 0 Å². The van der Waals surface area contributed by atoms with E-state index >= 15 is 0 Å². The number of rotatable bonds is 8. The number of nitrogens with one attached hydrogen (secondary N) is 2. The van der Waals surface area contributed by atoms with E-state index in [-0.39, 0.29) is 40.4 Å². The number of ether oxygens (including phenoxy) is 1. The van der Waals surface area contributed by atoms with Crippen LogP contribution in [0.15, 0.2) is 15.7 Å². The Morgan fingerprint density at radius 1 is 1.29 bits per heavy atom. The van der Waals surface area contributed by atoms with Gasteiger partial charge in [-0.05, 0) is 65.5 Å². The Labute approximate surface area is 248 Å². The van der Waals surface area contributed by atoms with Gasteiger partial charge in [-0.1, -0.05) is 11.6 Å². The van der Waals surface area contributed by atoms with Crippen LogP contribution in [0.1, 0.15) is 61.2 Å². The maximum absolute atomic E-state index is 13.6. The number of carboxylic acids is 1. The Bertz CT molecular complexity index is 1460. The third-order valence-electron chi connectivity index (χ3n) is 9.40. The second-order valence-corrected chi connectivity index (χ2v) is 13.7. The van der Waals surface area contributed by atoms with Crippen molar-refractivity contribution in [3.63, 3.8) is 0 Å². The molecule has 0 amide bonds. The summed E-state index contributed by atoms with van der Waals surface area (Å²) in [6.07, 6.45) is 5.78. The van der Waals surface area contributed by atoms with Crippen molar-refractivity contribution in [3.8, 4) is 5.88 Å². The molecule has 12 heteroatoms. The molecule has 0 spiro atoms. The number of aliphatic carboxylic acids is 1. The van der Waals surface area contributed by atoms with E-state index in [4.69, 9.17) is 21.3 Å². The Balaban J connectivity index is 1.22. The highest BCUT2D eigenvalue weighted by molar-refractivity contribution is 8.00. The van der Waals surface area contributed by atoms with Crippen LogP contribution in [0.2, 0.25) is 5.02 Å². The largest absolute Gasteiger partial charge is 0.481 e. The molecule has 0 aromatic carbocycles. The number of hydrogen-bond donors (Lipinski definition) is 3. The number of hydrogen-bond acceptors (Lipinski definition) is 8. The fraction of sp³-hybridized carbons (Fsp3) is 0.655. The molecule has 2 aliphatic heterocycles. The fourth-order valence-electron chi connectivity index (χ4n) is 7.01. The van der Waals surface area contributed by atoms with Gasteiger partial charge < -0.3 is 20.1 Å². The number of aromatic nitrogens is 3. The van der Waals surface area contributed by atoms with Crippen molar-refractivity contribution in [2.75, 3.05) is 19.4 Å². The number of likely N-dealkylation sites (N-methyl/N-ethyl adjacent to an activating group) is 1. The van der Waals surface area contributed by atoms with Gasteiger partial charge in [0.2, 0.25) is 0 Å². The van der Waals surface area contributed by atoms with Crippen LogP contribution in [0.5, 0.6) is 5.88 Å². The summed E-state index contributed by atoms with van der Waals surface area (Å²) in [5.74, 6) is 0.191. The lowest BCUT2D eigenvalue weighted by Crippen LogP contribution is -2.53. The number of carbonyl (C=O) groups is 1. The zero-order valence-corrected chi connectivity index (χ0v) is 25.3. The van der Waals surface area contributed by atoms with Crippen molar-refractivity contribution in [1.82, 2.24) is 24.8 Å². The zero-order chi connectivity index (χ0) is 29.0. The smallest absolute Gasteiger partial charge is 0.308 e. The first-order chi connectivity index (χ1) is 19.6. The minimum absolute atomic E-state index is 0.00745. The molecular formula is C29H38ClN5O5S. The standard InChI is InChI=1S/C29H38ClN5O5S/c1-14-10-18(25-24(31-14)21(13-41-25)29(38)39)19-12-22(30)26(36)33-27(19)40-9-8-35-15(2)32-23-7-6-17(11-20(23)28(35)37)34(3)16-4-5-16/h12,14,16-18,21,24-25,31H,4-11,13H2,1-3H3,(H,33,36)(H,38,39)/t14?,17-,18?,21?,24?,25?/m1/s1. The molecule has 3 N–H and O–H groups in total. The lowest BCUT2D eigenvalue weighted by atomic mass is 9.79. The number of nitrogens with zero attached hydrogens (tertiary/aromatic N) is 3. The average molecular weight is 604 g/mol. The first kappa shape index (κ1) is 28.8. The third-order valence-corrected chi connectivity index (χ3v) is 11.2. The first-order valence-corrected chi connectivity index (χ1v) is 16.0. The summed E-state index contributed by atoms with van der Waals surface area (Å²) >= 11 is 7.93. The van der Waals surface area contributed by atoms with Gasteiger partial charge in [-0.15, -0.1) is 0 Å². The van der Waals surface area contributed by atoms with Gasteiger partial charge >= 0.3 is 5.97 Å². The molecule has 0 radical (unpaired) electrons. The number of thioether (sulfide) groups is 1. The molecule has 2 saturated heterocycles. The molecule has 4 aliphatic rings. The lowest BCUT2D eigenvalue weighted by Gasteiger charge is -2.39. The zero-order valence-electron chi connectivity index (χ0n) is 23.7. The molecule has 5 unspecified atom stereocenters. The molecule has 2 aromatic rings. The molecule has 222 valence electrons. The molecule has 2 aliphatic carbocycles. The van der Waals surface area contributed by atoms with Crippen LogP contribution in [-0.2, 0) is 24.2 Å². The van der Waals surface area contributed by atoms with Gasteiger partial charge in [-0.3, -0.25) is 23.9 Å². The molecule has 3 fully saturated rings. The van der Waals surface area contributed by atoms with Gasteiger partial charge in [0.05, 0.1) is 18.2 Å². The Kier molecular flexibility index (Phi) is 7.99. The molecule has 10 nitrogen and oxygen atoms in total.